The summed E-state index contributed by atoms with van der Waals surface area (Å²) >= 11 is 5.68. The van der Waals surface area contributed by atoms with Gasteiger partial charge < -0.3 is 5.32 Å². The Morgan fingerprint density at radius 1 is 1.50 bits per heavy atom. The van der Waals surface area contributed by atoms with E-state index in [4.69, 9.17) is 16.9 Å². The van der Waals surface area contributed by atoms with Crippen LogP contribution in [0.3, 0.4) is 0 Å². The second kappa shape index (κ2) is 5.73. The van der Waals surface area contributed by atoms with Crippen LogP contribution in [0.2, 0.25) is 5.15 Å². The molecule has 1 aliphatic rings. The Morgan fingerprint density at radius 2 is 2.32 bits per heavy atom. The van der Waals surface area contributed by atoms with E-state index in [1.807, 2.05) is 0 Å². The van der Waals surface area contributed by atoms with Gasteiger partial charge in [0.05, 0.1) is 36.3 Å². The SMILES string of the molecule is N#CC1(Cn2cc(CNC(=O)c3ccc(Cl)nc3)nn2)CC1. The van der Waals surface area contributed by atoms with Gasteiger partial charge in [-0.15, -0.1) is 5.10 Å². The van der Waals surface area contributed by atoms with Gasteiger partial charge in [-0.3, -0.25) is 9.48 Å². The number of pyridine rings is 1. The van der Waals surface area contributed by atoms with Crippen molar-refractivity contribution >= 4 is 17.5 Å². The first-order chi connectivity index (χ1) is 10.6. The lowest BCUT2D eigenvalue weighted by molar-refractivity contribution is 0.0950. The zero-order valence-electron chi connectivity index (χ0n) is 11.7. The Kier molecular flexibility index (Phi) is 3.77. The third kappa shape index (κ3) is 3.23. The van der Waals surface area contributed by atoms with Crippen LogP contribution >= 0.6 is 11.6 Å². The van der Waals surface area contributed by atoms with Gasteiger partial charge in [0.1, 0.15) is 10.8 Å². The van der Waals surface area contributed by atoms with E-state index in [0.717, 1.165) is 12.8 Å². The number of hydrogen-bond donors (Lipinski definition) is 1. The molecule has 0 aromatic carbocycles. The van der Waals surface area contributed by atoms with Gasteiger partial charge in [-0.2, -0.15) is 5.26 Å². The van der Waals surface area contributed by atoms with Crippen molar-refractivity contribution in [1.82, 2.24) is 25.3 Å². The highest BCUT2D eigenvalue weighted by molar-refractivity contribution is 6.29. The standard InChI is InChI=1S/C14H13ClN6O/c15-12-2-1-10(5-17-12)13(22)18-6-11-7-21(20-19-11)9-14(8-16)3-4-14/h1-2,5,7H,3-4,6,9H2,(H,18,22). The Balaban J connectivity index is 1.56. The number of amides is 1. The smallest absolute Gasteiger partial charge is 0.253 e. The van der Waals surface area contributed by atoms with Crippen LogP contribution in [0, 0.1) is 16.7 Å². The Labute approximate surface area is 131 Å². The zero-order valence-corrected chi connectivity index (χ0v) is 12.4. The quantitative estimate of drug-likeness (QED) is 0.844. The van der Waals surface area contributed by atoms with E-state index >= 15 is 0 Å². The first-order valence-corrected chi connectivity index (χ1v) is 7.18. The van der Waals surface area contributed by atoms with Crippen LogP contribution in [0.25, 0.3) is 0 Å². The van der Waals surface area contributed by atoms with E-state index in [-0.39, 0.29) is 17.9 Å². The van der Waals surface area contributed by atoms with Gasteiger partial charge in [0.15, 0.2) is 0 Å². The number of rotatable bonds is 5. The maximum atomic E-state index is 11.9. The monoisotopic (exact) mass is 316 g/mol. The predicted molar refractivity (Wildman–Crippen MR) is 77.7 cm³/mol. The molecule has 112 valence electrons. The first kappa shape index (κ1) is 14.5. The molecule has 0 aliphatic heterocycles. The highest BCUT2D eigenvalue weighted by Crippen LogP contribution is 2.46. The first-order valence-electron chi connectivity index (χ1n) is 6.80. The van der Waals surface area contributed by atoms with Gasteiger partial charge in [-0.25, -0.2) is 4.98 Å². The molecule has 0 bridgehead atoms. The predicted octanol–water partition coefficient (Wildman–Crippen LogP) is 1.56. The number of nitriles is 1. The summed E-state index contributed by atoms with van der Waals surface area (Å²) in [6.45, 7) is 0.812. The van der Waals surface area contributed by atoms with Gasteiger partial charge in [-0.1, -0.05) is 16.8 Å². The topological polar surface area (TPSA) is 96.5 Å². The lowest BCUT2D eigenvalue weighted by Crippen LogP contribution is -2.23. The lowest BCUT2D eigenvalue weighted by atomic mass is 10.1. The summed E-state index contributed by atoms with van der Waals surface area (Å²) in [6.07, 6.45) is 4.97. The van der Waals surface area contributed by atoms with Crippen LogP contribution in [0.1, 0.15) is 28.9 Å². The molecule has 2 heterocycles. The molecule has 1 saturated carbocycles. The molecule has 0 atom stereocenters. The molecule has 1 amide bonds. The number of carbonyl (C=O) groups is 1. The number of carbonyl (C=O) groups excluding carboxylic acids is 1. The maximum Gasteiger partial charge on any atom is 0.253 e. The molecule has 8 heteroatoms. The zero-order chi connectivity index (χ0) is 15.6. The largest absolute Gasteiger partial charge is 0.346 e. The van der Waals surface area contributed by atoms with Crippen LogP contribution in [-0.4, -0.2) is 25.9 Å². The fraction of sp³-hybridized carbons (Fsp3) is 0.357. The van der Waals surface area contributed by atoms with Crippen molar-refractivity contribution in [2.75, 3.05) is 0 Å². The van der Waals surface area contributed by atoms with Crippen molar-refractivity contribution in [2.24, 2.45) is 5.41 Å². The van der Waals surface area contributed by atoms with Crippen molar-refractivity contribution < 1.29 is 4.79 Å². The average Bonchev–Trinajstić information content (AvgIpc) is 3.16. The molecule has 22 heavy (non-hydrogen) atoms. The number of nitrogens with one attached hydrogen (secondary N) is 1. The molecular weight excluding hydrogens is 304 g/mol. The van der Waals surface area contributed by atoms with Crippen molar-refractivity contribution in [2.45, 2.75) is 25.9 Å². The van der Waals surface area contributed by atoms with Crippen LogP contribution in [0.4, 0.5) is 0 Å². The Morgan fingerprint density at radius 3 is 2.95 bits per heavy atom. The molecule has 1 fully saturated rings. The summed E-state index contributed by atoms with van der Waals surface area (Å²) < 4.78 is 1.65. The number of halogens is 1. The number of aromatic nitrogens is 4. The van der Waals surface area contributed by atoms with Crippen LogP contribution < -0.4 is 5.32 Å². The fourth-order valence-electron chi connectivity index (χ4n) is 2.05. The highest BCUT2D eigenvalue weighted by Gasteiger charge is 2.43. The molecule has 3 rings (SSSR count). The average molecular weight is 317 g/mol. The van der Waals surface area contributed by atoms with E-state index in [1.54, 1.807) is 23.0 Å². The maximum absolute atomic E-state index is 11.9. The van der Waals surface area contributed by atoms with Crippen molar-refractivity contribution in [3.05, 3.63) is 40.9 Å². The summed E-state index contributed by atoms with van der Waals surface area (Å²) in [6, 6.07) is 5.47. The van der Waals surface area contributed by atoms with Crippen LogP contribution in [-0.2, 0) is 13.1 Å². The van der Waals surface area contributed by atoms with E-state index in [9.17, 15) is 4.79 Å². The third-order valence-corrected chi connectivity index (χ3v) is 3.78. The van der Waals surface area contributed by atoms with E-state index in [2.05, 4.69) is 26.7 Å². The summed E-state index contributed by atoms with van der Waals surface area (Å²) in [5.74, 6) is -0.255. The van der Waals surface area contributed by atoms with Crippen LogP contribution in [0.15, 0.2) is 24.5 Å². The Hall–Kier alpha value is -2.46. The van der Waals surface area contributed by atoms with Gasteiger partial charge in [-0.05, 0) is 25.0 Å². The van der Waals surface area contributed by atoms with E-state index < -0.39 is 0 Å². The minimum atomic E-state index is -0.275. The van der Waals surface area contributed by atoms with Crippen molar-refractivity contribution in [1.29, 1.82) is 5.26 Å². The highest BCUT2D eigenvalue weighted by atomic mass is 35.5. The molecule has 0 unspecified atom stereocenters. The molecule has 0 spiro atoms. The minimum Gasteiger partial charge on any atom is -0.346 e. The number of nitrogens with zero attached hydrogens (tertiary/aromatic N) is 5. The minimum absolute atomic E-state index is 0.255. The van der Waals surface area contributed by atoms with Gasteiger partial charge in [0.25, 0.3) is 5.91 Å². The fourth-order valence-corrected chi connectivity index (χ4v) is 2.16. The van der Waals surface area contributed by atoms with Crippen molar-refractivity contribution in [3.63, 3.8) is 0 Å². The molecule has 2 aromatic rings. The van der Waals surface area contributed by atoms with E-state index in [1.165, 1.54) is 6.20 Å². The van der Waals surface area contributed by atoms with Gasteiger partial charge >= 0.3 is 0 Å². The molecule has 0 saturated heterocycles. The summed E-state index contributed by atoms with van der Waals surface area (Å²) in [5.41, 5.74) is 0.797. The molecule has 1 N–H and O–H groups in total. The van der Waals surface area contributed by atoms with Crippen LogP contribution in [0.5, 0.6) is 0 Å². The molecule has 2 aromatic heterocycles. The Bertz CT molecular complexity index is 729. The van der Waals surface area contributed by atoms with E-state index in [0.29, 0.717) is 23.0 Å². The summed E-state index contributed by atoms with van der Waals surface area (Å²) in [7, 11) is 0. The molecule has 1 aliphatic carbocycles. The summed E-state index contributed by atoms with van der Waals surface area (Å²) in [5, 5.41) is 20.1. The van der Waals surface area contributed by atoms with Gasteiger partial charge in [0, 0.05) is 6.20 Å². The molecular formula is C14H13ClN6O. The lowest BCUT2D eigenvalue weighted by Gasteiger charge is -2.04. The van der Waals surface area contributed by atoms with Crippen molar-refractivity contribution in [3.8, 4) is 6.07 Å². The second-order valence-electron chi connectivity index (χ2n) is 5.35. The molecule has 7 nitrogen and oxygen atoms in total. The summed E-state index contributed by atoms with van der Waals surface area (Å²) in [4.78, 5) is 15.8. The number of hydrogen-bond acceptors (Lipinski definition) is 5. The normalized spacial score (nSPS) is 15.1. The third-order valence-electron chi connectivity index (χ3n) is 3.56. The molecule has 0 radical (unpaired) electrons. The van der Waals surface area contributed by atoms with Gasteiger partial charge in [0.2, 0.25) is 0 Å². The second-order valence-corrected chi connectivity index (χ2v) is 5.74.